The van der Waals surface area contributed by atoms with Gasteiger partial charge in [0.2, 0.25) is 5.91 Å². The van der Waals surface area contributed by atoms with Crippen molar-refractivity contribution in [2.45, 2.75) is 52.0 Å². The van der Waals surface area contributed by atoms with Crippen LogP contribution in [0.3, 0.4) is 0 Å². The number of carbonyl (C=O) groups excluding carboxylic acids is 1. The molecule has 1 fully saturated rings. The maximum absolute atomic E-state index is 12.3. The Labute approximate surface area is 151 Å². The van der Waals surface area contributed by atoms with E-state index in [-0.39, 0.29) is 11.9 Å². The summed E-state index contributed by atoms with van der Waals surface area (Å²) in [5.74, 6) is 2.92. The zero-order valence-electron chi connectivity index (χ0n) is 15.9. The number of anilines is 1. The molecule has 2 rings (SSSR count). The van der Waals surface area contributed by atoms with E-state index in [1.807, 2.05) is 6.07 Å². The van der Waals surface area contributed by atoms with Crippen molar-refractivity contribution in [1.82, 2.24) is 5.32 Å². The Morgan fingerprint density at radius 2 is 1.92 bits per heavy atom. The predicted molar refractivity (Wildman–Crippen MR) is 101 cm³/mol. The Kier molecular flexibility index (Phi) is 7.56. The number of carbonyl (C=O) groups is 1. The third kappa shape index (κ3) is 6.24. The average Bonchev–Trinajstić information content (AvgIpc) is 2.61. The average molecular weight is 348 g/mol. The maximum atomic E-state index is 12.3. The van der Waals surface area contributed by atoms with Crippen molar-refractivity contribution in [1.29, 1.82) is 0 Å². The number of hydrogen-bond donors (Lipinski definition) is 2. The SMILES string of the molecule is COc1ccc(NC(=O)CC(C)NCC2CCC(C)CC2)c(OC)c1. The van der Waals surface area contributed by atoms with E-state index >= 15 is 0 Å². The van der Waals surface area contributed by atoms with Crippen molar-refractivity contribution < 1.29 is 14.3 Å². The molecule has 25 heavy (non-hydrogen) atoms. The van der Waals surface area contributed by atoms with Gasteiger partial charge in [-0.2, -0.15) is 0 Å². The van der Waals surface area contributed by atoms with Crippen LogP contribution in [0.25, 0.3) is 0 Å². The van der Waals surface area contributed by atoms with E-state index in [4.69, 9.17) is 9.47 Å². The third-order valence-electron chi connectivity index (χ3n) is 5.06. The van der Waals surface area contributed by atoms with Gasteiger partial charge in [-0.05, 0) is 50.3 Å². The lowest BCUT2D eigenvalue weighted by Gasteiger charge is -2.27. The summed E-state index contributed by atoms with van der Waals surface area (Å²) < 4.78 is 10.5. The van der Waals surface area contributed by atoms with Gasteiger partial charge in [-0.3, -0.25) is 4.79 Å². The number of nitrogens with one attached hydrogen (secondary N) is 2. The van der Waals surface area contributed by atoms with Crippen LogP contribution in [-0.4, -0.2) is 32.7 Å². The van der Waals surface area contributed by atoms with Crippen molar-refractivity contribution >= 4 is 11.6 Å². The van der Waals surface area contributed by atoms with E-state index in [2.05, 4.69) is 24.5 Å². The largest absolute Gasteiger partial charge is 0.497 e. The Morgan fingerprint density at radius 3 is 2.56 bits per heavy atom. The van der Waals surface area contributed by atoms with Gasteiger partial charge in [-0.25, -0.2) is 0 Å². The first-order valence-electron chi connectivity index (χ1n) is 9.27. The van der Waals surface area contributed by atoms with Gasteiger partial charge in [-0.1, -0.05) is 19.8 Å². The normalized spacial score (nSPS) is 21.4. The first-order chi connectivity index (χ1) is 12.0. The Morgan fingerprint density at radius 1 is 1.20 bits per heavy atom. The van der Waals surface area contributed by atoms with Crippen LogP contribution >= 0.6 is 0 Å². The van der Waals surface area contributed by atoms with Crippen LogP contribution < -0.4 is 20.1 Å². The number of rotatable bonds is 8. The molecule has 1 aliphatic rings. The van der Waals surface area contributed by atoms with Crippen molar-refractivity contribution in [3.8, 4) is 11.5 Å². The summed E-state index contributed by atoms with van der Waals surface area (Å²) in [6.45, 7) is 5.41. The second-order valence-electron chi connectivity index (χ2n) is 7.25. The molecule has 0 aliphatic heterocycles. The van der Waals surface area contributed by atoms with E-state index in [9.17, 15) is 4.79 Å². The van der Waals surface area contributed by atoms with Gasteiger partial charge in [0.25, 0.3) is 0 Å². The van der Waals surface area contributed by atoms with E-state index < -0.39 is 0 Å². The maximum Gasteiger partial charge on any atom is 0.226 e. The van der Waals surface area contributed by atoms with E-state index in [0.29, 0.717) is 23.6 Å². The molecule has 0 saturated heterocycles. The number of methoxy groups -OCH3 is 2. The van der Waals surface area contributed by atoms with E-state index in [0.717, 1.165) is 18.4 Å². The summed E-state index contributed by atoms with van der Waals surface area (Å²) in [4.78, 5) is 12.3. The molecule has 5 nitrogen and oxygen atoms in total. The first-order valence-corrected chi connectivity index (χ1v) is 9.27. The second kappa shape index (κ2) is 9.66. The molecule has 1 atom stereocenters. The van der Waals surface area contributed by atoms with Crippen LogP contribution in [0.2, 0.25) is 0 Å². The lowest BCUT2D eigenvalue weighted by atomic mass is 9.83. The van der Waals surface area contributed by atoms with E-state index in [1.54, 1.807) is 26.4 Å². The number of amides is 1. The molecule has 0 radical (unpaired) electrons. The Hall–Kier alpha value is -1.75. The van der Waals surface area contributed by atoms with Gasteiger partial charge in [0.15, 0.2) is 0 Å². The zero-order chi connectivity index (χ0) is 18.2. The summed E-state index contributed by atoms with van der Waals surface area (Å²) >= 11 is 0. The molecular weight excluding hydrogens is 316 g/mol. The molecule has 1 aromatic rings. The Balaban J connectivity index is 1.77. The number of hydrogen-bond acceptors (Lipinski definition) is 4. The van der Waals surface area contributed by atoms with Gasteiger partial charge in [-0.15, -0.1) is 0 Å². The molecule has 1 aliphatic carbocycles. The molecule has 1 saturated carbocycles. The zero-order valence-corrected chi connectivity index (χ0v) is 15.9. The highest BCUT2D eigenvalue weighted by molar-refractivity contribution is 5.92. The summed E-state index contributed by atoms with van der Waals surface area (Å²) in [6.07, 6.45) is 5.71. The smallest absolute Gasteiger partial charge is 0.226 e. The topological polar surface area (TPSA) is 59.6 Å². The lowest BCUT2D eigenvalue weighted by Crippen LogP contribution is -2.35. The number of benzene rings is 1. The highest BCUT2D eigenvalue weighted by Gasteiger charge is 2.19. The fraction of sp³-hybridized carbons (Fsp3) is 0.650. The molecule has 2 N–H and O–H groups in total. The third-order valence-corrected chi connectivity index (χ3v) is 5.06. The molecular formula is C20H32N2O3. The van der Waals surface area contributed by atoms with Gasteiger partial charge in [0.05, 0.1) is 19.9 Å². The standard InChI is InChI=1S/C20H32N2O3/c1-14-5-7-16(8-6-14)13-21-15(2)11-20(23)22-18-10-9-17(24-3)12-19(18)25-4/h9-10,12,14-16,21H,5-8,11,13H2,1-4H3,(H,22,23). The Bertz CT molecular complexity index is 554. The van der Waals surface area contributed by atoms with Crippen molar-refractivity contribution in [2.24, 2.45) is 11.8 Å². The minimum absolute atomic E-state index is 0.0132. The van der Waals surface area contributed by atoms with E-state index in [1.165, 1.54) is 25.7 Å². The fourth-order valence-electron chi connectivity index (χ4n) is 3.35. The number of ether oxygens (including phenoxy) is 2. The molecule has 0 aromatic heterocycles. The molecule has 140 valence electrons. The summed E-state index contributed by atoms with van der Waals surface area (Å²) in [6, 6.07) is 5.53. The van der Waals surface area contributed by atoms with Gasteiger partial charge in [0.1, 0.15) is 11.5 Å². The quantitative estimate of drug-likeness (QED) is 0.749. The highest BCUT2D eigenvalue weighted by Crippen LogP contribution is 2.29. The summed E-state index contributed by atoms with van der Waals surface area (Å²) in [7, 11) is 3.19. The first kappa shape index (κ1) is 19.6. The van der Waals surface area contributed by atoms with Crippen LogP contribution in [0, 0.1) is 11.8 Å². The summed E-state index contributed by atoms with van der Waals surface area (Å²) in [5, 5.41) is 6.45. The van der Waals surface area contributed by atoms with Gasteiger partial charge < -0.3 is 20.1 Å². The van der Waals surface area contributed by atoms with Crippen LogP contribution in [-0.2, 0) is 4.79 Å². The monoisotopic (exact) mass is 348 g/mol. The predicted octanol–water partition coefficient (Wildman–Crippen LogP) is 3.84. The van der Waals surface area contributed by atoms with Crippen LogP contribution in [0.5, 0.6) is 11.5 Å². The molecule has 5 heteroatoms. The lowest BCUT2D eigenvalue weighted by molar-refractivity contribution is -0.116. The van der Waals surface area contributed by atoms with Crippen molar-refractivity contribution in [2.75, 3.05) is 26.1 Å². The van der Waals surface area contributed by atoms with Gasteiger partial charge >= 0.3 is 0 Å². The van der Waals surface area contributed by atoms with Crippen LogP contribution in [0.4, 0.5) is 5.69 Å². The van der Waals surface area contributed by atoms with Gasteiger partial charge in [0, 0.05) is 18.5 Å². The second-order valence-corrected chi connectivity index (χ2v) is 7.25. The molecule has 0 heterocycles. The van der Waals surface area contributed by atoms with Crippen molar-refractivity contribution in [3.05, 3.63) is 18.2 Å². The minimum Gasteiger partial charge on any atom is -0.497 e. The molecule has 1 aromatic carbocycles. The molecule has 0 spiro atoms. The summed E-state index contributed by atoms with van der Waals surface area (Å²) in [5.41, 5.74) is 0.668. The molecule has 1 amide bonds. The minimum atomic E-state index is -0.0132. The van der Waals surface area contributed by atoms with Crippen LogP contribution in [0.1, 0.15) is 46.0 Å². The fourth-order valence-corrected chi connectivity index (χ4v) is 3.35. The highest BCUT2D eigenvalue weighted by atomic mass is 16.5. The van der Waals surface area contributed by atoms with Crippen molar-refractivity contribution in [3.63, 3.8) is 0 Å². The van der Waals surface area contributed by atoms with Crippen LogP contribution in [0.15, 0.2) is 18.2 Å². The molecule has 1 unspecified atom stereocenters. The molecule has 0 bridgehead atoms.